The smallest absolute Gasteiger partial charge is 0.242 e. The fraction of sp³-hybridized carbons (Fsp3) is 0.545. The first-order valence-electron chi connectivity index (χ1n) is 5.63. The Labute approximate surface area is 99.6 Å². The average molecular weight is 236 g/mol. The lowest BCUT2D eigenvalue weighted by atomic mass is 10.1. The molecule has 1 aromatic heterocycles. The Kier molecular flexibility index (Phi) is 3.12. The standard InChI is InChI=1S/C11H16N4O2/c1-8-11(17)12-7-10(16)15(8)6-4-9-3-5-13-14(9)2/h3,5,8H,4,6-7H2,1-2H3,(H,12,17). The van der Waals surface area contributed by atoms with Crippen LogP contribution in [0.1, 0.15) is 12.6 Å². The Morgan fingerprint density at radius 2 is 2.29 bits per heavy atom. The Bertz CT molecular complexity index is 440. The molecule has 1 aromatic rings. The summed E-state index contributed by atoms with van der Waals surface area (Å²) in [5, 5.41) is 6.64. The lowest BCUT2D eigenvalue weighted by molar-refractivity contribution is -0.144. The van der Waals surface area contributed by atoms with E-state index < -0.39 is 0 Å². The maximum atomic E-state index is 11.7. The van der Waals surface area contributed by atoms with Crippen LogP contribution in [0.3, 0.4) is 0 Å². The van der Waals surface area contributed by atoms with Crippen LogP contribution in [-0.2, 0) is 23.1 Å². The molecule has 2 heterocycles. The number of rotatable bonds is 3. The van der Waals surface area contributed by atoms with E-state index in [1.807, 2.05) is 13.1 Å². The quantitative estimate of drug-likeness (QED) is 0.755. The van der Waals surface area contributed by atoms with Crippen molar-refractivity contribution in [3.63, 3.8) is 0 Å². The molecule has 1 fully saturated rings. The molecule has 0 saturated carbocycles. The first-order valence-corrected chi connectivity index (χ1v) is 5.63. The molecule has 6 nitrogen and oxygen atoms in total. The maximum absolute atomic E-state index is 11.7. The third kappa shape index (κ3) is 2.30. The van der Waals surface area contributed by atoms with Crippen LogP contribution < -0.4 is 5.32 Å². The van der Waals surface area contributed by atoms with E-state index in [0.29, 0.717) is 13.0 Å². The molecule has 1 saturated heterocycles. The highest BCUT2D eigenvalue weighted by atomic mass is 16.2. The topological polar surface area (TPSA) is 67.2 Å². The lowest BCUT2D eigenvalue weighted by Gasteiger charge is -2.32. The second-order valence-corrected chi connectivity index (χ2v) is 4.18. The van der Waals surface area contributed by atoms with E-state index in [0.717, 1.165) is 5.69 Å². The van der Waals surface area contributed by atoms with Crippen LogP contribution in [0.5, 0.6) is 0 Å². The third-order valence-corrected chi connectivity index (χ3v) is 3.11. The molecule has 92 valence electrons. The van der Waals surface area contributed by atoms with Crippen LogP contribution >= 0.6 is 0 Å². The zero-order valence-electron chi connectivity index (χ0n) is 10.0. The van der Waals surface area contributed by atoms with Gasteiger partial charge in [-0.25, -0.2) is 0 Å². The normalized spacial score (nSPS) is 20.6. The highest BCUT2D eigenvalue weighted by molar-refractivity contribution is 5.94. The second kappa shape index (κ2) is 4.57. The molecule has 1 aliphatic heterocycles. The number of carbonyl (C=O) groups excluding carboxylic acids is 2. The van der Waals surface area contributed by atoms with E-state index in [1.54, 1.807) is 22.7 Å². The number of nitrogens with zero attached hydrogens (tertiary/aromatic N) is 3. The molecule has 0 aliphatic carbocycles. The van der Waals surface area contributed by atoms with Gasteiger partial charge in [0.15, 0.2) is 0 Å². The fourth-order valence-electron chi connectivity index (χ4n) is 1.97. The molecule has 17 heavy (non-hydrogen) atoms. The summed E-state index contributed by atoms with van der Waals surface area (Å²) < 4.78 is 1.78. The number of hydrogen-bond acceptors (Lipinski definition) is 3. The monoisotopic (exact) mass is 236 g/mol. The molecule has 1 N–H and O–H groups in total. The first-order chi connectivity index (χ1) is 8.09. The minimum Gasteiger partial charge on any atom is -0.345 e. The lowest BCUT2D eigenvalue weighted by Crippen LogP contribution is -2.57. The van der Waals surface area contributed by atoms with Crippen LogP contribution in [0.2, 0.25) is 0 Å². The first kappa shape index (κ1) is 11.6. The molecule has 2 amide bonds. The zero-order chi connectivity index (χ0) is 12.4. The largest absolute Gasteiger partial charge is 0.345 e. The molecule has 0 aromatic carbocycles. The van der Waals surface area contributed by atoms with Crippen LogP contribution in [0.25, 0.3) is 0 Å². The summed E-state index contributed by atoms with van der Waals surface area (Å²) in [5.41, 5.74) is 1.05. The summed E-state index contributed by atoms with van der Waals surface area (Å²) in [7, 11) is 1.86. The molecule has 0 radical (unpaired) electrons. The van der Waals surface area contributed by atoms with Gasteiger partial charge in [-0.05, 0) is 13.0 Å². The number of carbonyl (C=O) groups is 2. The molecular weight excluding hydrogens is 220 g/mol. The van der Waals surface area contributed by atoms with Crippen LogP contribution in [-0.4, -0.2) is 45.6 Å². The minimum atomic E-state index is -0.385. The molecule has 1 unspecified atom stereocenters. The second-order valence-electron chi connectivity index (χ2n) is 4.18. The molecule has 1 atom stereocenters. The fourth-order valence-corrected chi connectivity index (χ4v) is 1.97. The number of aryl methyl sites for hydroxylation is 1. The molecule has 0 spiro atoms. The summed E-state index contributed by atoms with van der Waals surface area (Å²) in [5.74, 6) is -0.117. The predicted octanol–water partition coefficient (Wildman–Crippen LogP) is -0.690. The van der Waals surface area contributed by atoms with Crippen molar-refractivity contribution in [1.82, 2.24) is 20.0 Å². The van der Waals surface area contributed by atoms with Crippen molar-refractivity contribution in [2.75, 3.05) is 13.1 Å². The van der Waals surface area contributed by atoms with Crippen molar-refractivity contribution >= 4 is 11.8 Å². The SMILES string of the molecule is CC1C(=O)NCC(=O)N1CCc1ccnn1C. The van der Waals surface area contributed by atoms with E-state index in [9.17, 15) is 9.59 Å². The minimum absolute atomic E-state index is 0.0285. The Morgan fingerprint density at radius 3 is 2.94 bits per heavy atom. The van der Waals surface area contributed by atoms with Crippen LogP contribution in [0.15, 0.2) is 12.3 Å². The van der Waals surface area contributed by atoms with Crippen molar-refractivity contribution in [3.8, 4) is 0 Å². The molecule has 6 heteroatoms. The van der Waals surface area contributed by atoms with Gasteiger partial charge >= 0.3 is 0 Å². The van der Waals surface area contributed by atoms with Gasteiger partial charge in [-0.1, -0.05) is 0 Å². The third-order valence-electron chi connectivity index (χ3n) is 3.11. The summed E-state index contributed by atoms with van der Waals surface area (Å²) >= 11 is 0. The average Bonchev–Trinajstić information content (AvgIpc) is 2.70. The maximum Gasteiger partial charge on any atom is 0.242 e. The summed E-state index contributed by atoms with van der Waals surface area (Å²) in [6.45, 7) is 2.40. The van der Waals surface area contributed by atoms with E-state index in [-0.39, 0.29) is 24.4 Å². The summed E-state index contributed by atoms with van der Waals surface area (Å²) in [4.78, 5) is 24.8. The number of hydrogen-bond donors (Lipinski definition) is 1. The van der Waals surface area contributed by atoms with Gasteiger partial charge in [0, 0.05) is 31.9 Å². The van der Waals surface area contributed by atoms with E-state index in [2.05, 4.69) is 10.4 Å². The van der Waals surface area contributed by atoms with Gasteiger partial charge < -0.3 is 10.2 Å². The van der Waals surface area contributed by atoms with Crippen LogP contribution in [0, 0.1) is 0 Å². The van der Waals surface area contributed by atoms with E-state index in [4.69, 9.17) is 0 Å². The van der Waals surface area contributed by atoms with Crippen molar-refractivity contribution in [2.24, 2.45) is 7.05 Å². The molecule has 1 aliphatic rings. The van der Waals surface area contributed by atoms with Gasteiger partial charge in [-0.3, -0.25) is 14.3 Å². The number of amides is 2. The van der Waals surface area contributed by atoms with Crippen molar-refractivity contribution in [2.45, 2.75) is 19.4 Å². The highest BCUT2D eigenvalue weighted by Gasteiger charge is 2.30. The summed E-state index contributed by atoms with van der Waals surface area (Å²) in [6, 6.07) is 1.53. The van der Waals surface area contributed by atoms with Gasteiger partial charge in [0.1, 0.15) is 6.04 Å². The predicted molar refractivity (Wildman–Crippen MR) is 61.1 cm³/mol. The van der Waals surface area contributed by atoms with E-state index in [1.165, 1.54) is 0 Å². The van der Waals surface area contributed by atoms with Crippen molar-refractivity contribution in [1.29, 1.82) is 0 Å². The van der Waals surface area contributed by atoms with Gasteiger partial charge in [0.25, 0.3) is 0 Å². The summed E-state index contributed by atoms with van der Waals surface area (Å²) in [6.07, 6.45) is 2.43. The van der Waals surface area contributed by atoms with Gasteiger partial charge in [0.05, 0.1) is 6.54 Å². The van der Waals surface area contributed by atoms with Crippen molar-refractivity contribution in [3.05, 3.63) is 18.0 Å². The Balaban J connectivity index is 2.00. The Morgan fingerprint density at radius 1 is 1.53 bits per heavy atom. The molecular formula is C11H16N4O2. The molecule has 0 bridgehead atoms. The number of nitrogens with one attached hydrogen (secondary N) is 1. The number of piperazine rings is 1. The zero-order valence-corrected chi connectivity index (χ0v) is 10.0. The van der Waals surface area contributed by atoms with Crippen LogP contribution in [0.4, 0.5) is 0 Å². The van der Waals surface area contributed by atoms with E-state index >= 15 is 0 Å². The van der Waals surface area contributed by atoms with Gasteiger partial charge in [-0.2, -0.15) is 5.10 Å². The van der Waals surface area contributed by atoms with Gasteiger partial charge in [-0.15, -0.1) is 0 Å². The van der Waals surface area contributed by atoms with Crippen molar-refractivity contribution < 1.29 is 9.59 Å². The molecule has 2 rings (SSSR count). The highest BCUT2D eigenvalue weighted by Crippen LogP contribution is 2.07. The Hall–Kier alpha value is -1.85. The number of aromatic nitrogens is 2. The van der Waals surface area contributed by atoms with Gasteiger partial charge in [0.2, 0.25) is 11.8 Å².